The van der Waals surface area contributed by atoms with E-state index < -0.39 is 17.4 Å². The highest BCUT2D eigenvalue weighted by Crippen LogP contribution is 2.42. The molecule has 1 N–H and O–H groups in total. The first-order valence-corrected chi connectivity index (χ1v) is 15.2. The number of aryl methyl sites for hydroxylation is 1. The number of hydrogen-bond donors (Lipinski definition) is 1. The summed E-state index contributed by atoms with van der Waals surface area (Å²) in [4.78, 5) is 17.6. The van der Waals surface area contributed by atoms with Crippen molar-refractivity contribution in [2.75, 3.05) is 13.7 Å². The van der Waals surface area contributed by atoms with E-state index in [4.69, 9.17) is 36.3 Å². The molecule has 0 aliphatic carbocycles. The quantitative estimate of drug-likeness (QED) is 0.199. The van der Waals surface area contributed by atoms with Crippen molar-refractivity contribution in [1.29, 1.82) is 0 Å². The number of nitrogens with zero attached hydrogens (tertiary/aromatic N) is 3. The Morgan fingerprint density at radius 2 is 1.78 bits per heavy atom. The Morgan fingerprint density at radius 3 is 2.44 bits per heavy atom. The summed E-state index contributed by atoms with van der Waals surface area (Å²) in [6.07, 6.45) is 1.46. The predicted molar refractivity (Wildman–Crippen MR) is 175 cm³/mol. The van der Waals surface area contributed by atoms with E-state index in [1.165, 1.54) is 13.2 Å². The maximum Gasteiger partial charge on any atom is 0.310 e. The average molecular weight is 630 g/mol. The number of aromatic nitrogens is 3. The topological polar surface area (TPSA) is 86.0 Å². The van der Waals surface area contributed by atoms with Crippen LogP contribution >= 0.6 is 11.6 Å². The van der Waals surface area contributed by atoms with Gasteiger partial charge in [0.05, 0.1) is 37.0 Å². The van der Waals surface area contributed by atoms with Crippen molar-refractivity contribution in [3.05, 3.63) is 93.9 Å². The molecule has 3 aromatic carbocycles. The lowest BCUT2D eigenvalue weighted by Crippen LogP contribution is -2.15. The molecule has 0 spiro atoms. The SMILES string of the molecule is CC(C)(C)O.COC(=O)Cc1c(C)nc2c(-c3cccc(Cl)c3)c(-c3ccccc3)nn2c1-c1cc(F)c2c(c1C)CCCO2. The Bertz CT molecular complexity index is 1870. The minimum atomic E-state index is -0.500. The molecule has 6 rings (SSSR count). The lowest BCUT2D eigenvalue weighted by atomic mass is 9.91. The Morgan fingerprint density at radius 1 is 1.09 bits per heavy atom. The summed E-state index contributed by atoms with van der Waals surface area (Å²) < 4.78 is 28.0. The summed E-state index contributed by atoms with van der Waals surface area (Å²) in [6, 6.07) is 18.9. The normalized spacial score (nSPS) is 12.6. The number of esters is 1. The minimum absolute atomic E-state index is 0.0394. The molecule has 9 heteroatoms. The first-order chi connectivity index (χ1) is 21.4. The van der Waals surface area contributed by atoms with Crippen LogP contribution in [0.2, 0.25) is 5.02 Å². The predicted octanol–water partition coefficient (Wildman–Crippen LogP) is 7.96. The molecule has 2 aromatic heterocycles. The number of hydrogen-bond acceptors (Lipinski definition) is 6. The number of rotatable bonds is 5. The summed E-state index contributed by atoms with van der Waals surface area (Å²) >= 11 is 6.42. The van der Waals surface area contributed by atoms with Crippen LogP contribution in [0.25, 0.3) is 39.3 Å². The molecule has 0 radical (unpaired) electrons. The van der Waals surface area contributed by atoms with Gasteiger partial charge in [0.2, 0.25) is 0 Å². The molecule has 0 fully saturated rings. The molecule has 7 nitrogen and oxygen atoms in total. The van der Waals surface area contributed by atoms with Crippen LogP contribution in [0.3, 0.4) is 0 Å². The van der Waals surface area contributed by atoms with Gasteiger partial charge in [-0.25, -0.2) is 13.9 Å². The highest BCUT2D eigenvalue weighted by molar-refractivity contribution is 6.31. The molecule has 0 bridgehead atoms. The van der Waals surface area contributed by atoms with Gasteiger partial charge >= 0.3 is 5.97 Å². The van der Waals surface area contributed by atoms with Gasteiger partial charge < -0.3 is 14.6 Å². The van der Waals surface area contributed by atoms with Crippen molar-refractivity contribution >= 4 is 23.2 Å². The minimum Gasteiger partial charge on any atom is -0.490 e. The average Bonchev–Trinajstić information content (AvgIpc) is 3.38. The molecule has 234 valence electrons. The number of aliphatic hydroxyl groups is 1. The van der Waals surface area contributed by atoms with E-state index in [-0.39, 0.29) is 6.42 Å². The summed E-state index contributed by atoms with van der Waals surface area (Å²) in [5, 5.41) is 14.2. The van der Waals surface area contributed by atoms with Crippen LogP contribution in [0.5, 0.6) is 5.75 Å². The van der Waals surface area contributed by atoms with Gasteiger partial charge in [0.1, 0.15) is 5.69 Å². The number of methoxy groups -OCH3 is 1. The molecular weight excluding hydrogens is 593 g/mol. The zero-order valence-electron chi connectivity index (χ0n) is 26.4. The second-order valence-electron chi connectivity index (χ2n) is 12.1. The maximum absolute atomic E-state index is 15.5. The summed E-state index contributed by atoms with van der Waals surface area (Å²) in [5.74, 6) is -0.558. The summed E-state index contributed by atoms with van der Waals surface area (Å²) in [7, 11) is 1.35. The van der Waals surface area contributed by atoms with Gasteiger partial charge in [-0.3, -0.25) is 4.79 Å². The van der Waals surface area contributed by atoms with Crippen LogP contribution < -0.4 is 4.74 Å². The number of benzene rings is 3. The molecule has 0 atom stereocenters. The number of fused-ring (bicyclic) bond motifs is 2. The van der Waals surface area contributed by atoms with E-state index in [1.807, 2.05) is 68.4 Å². The Labute approximate surface area is 267 Å². The van der Waals surface area contributed by atoms with Crippen LogP contribution in [0, 0.1) is 19.7 Å². The number of ether oxygens (including phenoxy) is 2. The monoisotopic (exact) mass is 629 g/mol. The van der Waals surface area contributed by atoms with Crippen molar-refractivity contribution in [3.63, 3.8) is 0 Å². The van der Waals surface area contributed by atoms with E-state index in [9.17, 15) is 4.79 Å². The van der Waals surface area contributed by atoms with Gasteiger partial charge in [0.25, 0.3) is 0 Å². The third-order valence-corrected chi connectivity index (χ3v) is 7.70. The fourth-order valence-corrected chi connectivity index (χ4v) is 5.70. The third kappa shape index (κ3) is 6.87. The Hall–Kier alpha value is -4.27. The fourth-order valence-electron chi connectivity index (χ4n) is 5.51. The summed E-state index contributed by atoms with van der Waals surface area (Å²) in [6.45, 7) is 9.53. The standard InChI is InChI=1S/C32H27ClFN3O3.C4H10O/c1-18-23-13-8-14-40-31(23)26(34)16-24(18)30-25(17-27(38)39-3)19(2)35-32-28(21-11-7-12-22(33)15-21)29(36-37(30)32)20-9-5-4-6-10-20;1-4(2,3)5/h4-7,9-12,15-16H,8,13-14,17H2,1-3H3;5H,1-3H3. The van der Waals surface area contributed by atoms with Gasteiger partial charge in [-0.2, -0.15) is 5.10 Å². The van der Waals surface area contributed by atoms with Crippen LogP contribution in [0.15, 0.2) is 60.7 Å². The van der Waals surface area contributed by atoms with Crippen LogP contribution in [-0.4, -0.2) is 45.0 Å². The molecule has 1 aliphatic heterocycles. The molecule has 3 heterocycles. The molecule has 0 saturated carbocycles. The number of halogens is 2. The van der Waals surface area contributed by atoms with Gasteiger partial charge in [-0.15, -0.1) is 0 Å². The van der Waals surface area contributed by atoms with Crippen molar-refractivity contribution in [2.24, 2.45) is 0 Å². The molecular formula is C36H37ClFN3O4. The number of carbonyl (C=O) groups is 1. The molecule has 0 unspecified atom stereocenters. The van der Waals surface area contributed by atoms with E-state index in [0.29, 0.717) is 57.7 Å². The summed E-state index contributed by atoms with van der Waals surface area (Å²) in [5.41, 5.74) is 7.52. The molecule has 5 aromatic rings. The molecule has 1 aliphatic rings. The first kappa shape index (κ1) is 32.1. The van der Waals surface area contributed by atoms with Crippen molar-refractivity contribution in [2.45, 2.75) is 59.5 Å². The molecule has 0 saturated heterocycles. The third-order valence-electron chi connectivity index (χ3n) is 7.47. The first-order valence-electron chi connectivity index (χ1n) is 14.8. The zero-order valence-corrected chi connectivity index (χ0v) is 27.1. The maximum atomic E-state index is 15.5. The van der Waals surface area contributed by atoms with Gasteiger partial charge in [0, 0.05) is 33.0 Å². The van der Waals surface area contributed by atoms with E-state index in [2.05, 4.69) is 0 Å². The van der Waals surface area contributed by atoms with E-state index in [1.54, 1.807) is 25.3 Å². The van der Waals surface area contributed by atoms with E-state index >= 15 is 4.39 Å². The smallest absolute Gasteiger partial charge is 0.310 e. The largest absolute Gasteiger partial charge is 0.490 e. The van der Waals surface area contributed by atoms with Crippen LogP contribution in [-0.2, 0) is 22.4 Å². The zero-order chi connectivity index (χ0) is 32.5. The highest BCUT2D eigenvalue weighted by Gasteiger charge is 2.28. The molecule has 45 heavy (non-hydrogen) atoms. The van der Waals surface area contributed by atoms with Gasteiger partial charge in [-0.05, 0) is 76.8 Å². The lowest BCUT2D eigenvalue weighted by molar-refractivity contribution is -0.139. The van der Waals surface area contributed by atoms with Crippen molar-refractivity contribution in [3.8, 4) is 39.4 Å². The lowest BCUT2D eigenvalue weighted by Gasteiger charge is -2.23. The number of carbonyl (C=O) groups excluding carboxylic acids is 1. The van der Waals surface area contributed by atoms with Crippen molar-refractivity contribution in [1.82, 2.24) is 14.6 Å². The fraction of sp³-hybridized carbons (Fsp3) is 0.306. The Balaban J connectivity index is 0.000000743. The van der Waals surface area contributed by atoms with Gasteiger partial charge in [0.15, 0.2) is 17.2 Å². The highest BCUT2D eigenvalue weighted by atomic mass is 35.5. The van der Waals surface area contributed by atoms with Crippen LogP contribution in [0.1, 0.15) is 49.6 Å². The van der Waals surface area contributed by atoms with E-state index in [0.717, 1.165) is 34.2 Å². The van der Waals surface area contributed by atoms with Crippen LogP contribution in [0.4, 0.5) is 4.39 Å². The van der Waals surface area contributed by atoms with Crippen molar-refractivity contribution < 1.29 is 23.8 Å². The van der Waals surface area contributed by atoms with Gasteiger partial charge in [-0.1, -0.05) is 54.1 Å². The molecule has 0 amide bonds. The second kappa shape index (κ2) is 13.0. The second-order valence-corrected chi connectivity index (χ2v) is 12.5. The Kier molecular flexibility index (Phi) is 9.28.